The number of hydrogen-bond donors (Lipinski definition) is 3. The molecule has 0 atom stereocenters. The van der Waals surface area contributed by atoms with E-state index in [1.54, 1.807) is 61.9 Å². The lowest BCUT2D eigenvalue weighted by atomic mass is 10.1. The molecular weight excluding hydrogens is 560 g/mol. The summed E-state index contributed by atoms with van der Waals surface area (Å²) in [6.45, 7) is 2.77. The first kappa shape index (κ1) is 29.6. The van der Waals surface area contributed by atoms with Crippen LogP contribution in [0.15, 0.2) is 83.1 Å². The van der Waals surface area contributed by atoms with Gasteiger partial charge in [-0.3, -0.25) is 14.3 Å². The van der Waals surface area contributed by atoms with Gasteiger partial charge < -0.3 is 20.3 Å². The summed E-state index contributed by atoms with van der Waals surface area (Å²) in [6.07, 6.45) is 0. The molecule has 0 bridgehead atoms. The van der Waals surface area contributed by atoms with Gasteiger partial charge >= 0.3 is 0 Å². The molecule has 0 fully saturated rings. The van der Waals surface area contributed by atoms with Crippen LogP contribution < -0.4 is 20.1 Å². The zero-order chi connectivity index (χ0) is 29.6. The van der Waals surface area contributed by atoms with Gasteiger partial charge in [0.1, 0.15) is 10.6 Å². The summed E-state index contributed by atoms with van der Waals surface area (Å²) in [5.74, 6) is -0.0880. The van der Waals surface area contributed by atoms with E-state index in [0.717, 1.165) is 10.4 Å². The third-order valence-corrected chi connectivity index (χ3v) is 8.51. The molecule has 0 aliphatic rings. The molecule has 11 heteroatoms. The number of carbonyl (C=O) groups is 2. The normalized spacial score (nSPS) is 11.0. The van der Waals surface area contributed by atoms with Crippen LogP contribution in [0.5, 0.6) is 5.75 Å². The number of methoxy groups -OCH3 is 1. The number of sulfonamides is 1. The Labute approximate surface area is 244 Å². The van der Waals surface area contributed by atoms with Crippen molar-refractivity contribution in [3.05, 3.63) is 94.9 Å². The maximum absolute atomic E-state index is 13.5. The summed E-state index contributed by atoms with van der Waals surface area (Å²) >= 11 is 1.36. The van der Waals surface area contributed by atoms with Crippen molar-refractivity contribution in [2.45, 2.75) is 11.8 Å². The predicted octanol–water partition coefficient (Wildman–Crippen LogP) is 5.08. The van der Waals surface area contributed by atoms with Gasteiger partial charge in [-0.25, -0.2) is 8.42 Å². The molecule has 3 N–H and O–H groups in total. The molecule has 1 aromatic heterocycles. The van der Waals surface area contributed by atoms with E-state index < -0.39 is 10.0 Å². The van der Waals surface area contributed by atoms with Gasteiger partial charge in [-0.05, 0) is 67.1 Å². The van der Waals surface area contributed by atoms with Crippen molar-refractivity contribution in [3.8, 4) is 16.2 Å². The number of amides is 2. The van der Waals surface area contributed by atoms with Gasteiger partial charge in [0.15, 0.2) is 0 Å². The summed E-state index contributed by atoms with van der Waals surface area (Å²) in [4.78, 5) is 26.9. The molecule has 0 saturated heterocycles. The van der Waals surface area contributed by atoms with E-state index in [1.165, 1.54) is 29.4 Å². The first-order valence-electron chi connectivity index (χ1n) is 12.8. The molecule has 2 amide bonds. The van der Waals surface area contributed by atoms with E-state index in [0.29, 0.717) is 41.2 Å². The molecule has 4 aromatic rings. The van der Waals surface area contributed by atoms with Gasteiger partial charge in [0, 0.05) is 48.7 Å². The average Bonchev–Trinajstić information content (AvgIpc) is 3.44. The number of nitrogens with zero attached hydrogens (tertiary/aromatic N) is 1. The maximum atomic E-state index is 13.5. The van der Waals surface area contributed by atoms with E-state index in [9.17, 15) is 18.0 Å². The molecule has 214 valence electrons. The molecule has 4 rings (SSSR count). The van der Waals surface area contributed by atoms with Crippen LogP contribution in [0.2, 0.25) is 0 Å². The minimum Gasteiger partial charge on any atom is -0.495 e. The monoisotopic (exact) mass is 592 g/mol. The number of hydrogen-bond acceptors (Lipinski definition) is 7. The number of aryl methyl sites for hydroxylation is 1. The number of anilines is 2. The van der Waals surface area contributed by atoms with Crippen LogP contribution in [0.3, 0.4) is 0 Å². The van der Waals surface area contributed by atoms with Crippen LogP contribution in [0.4, 0.5) is 11.4 Å². The lowest BCUT2D eigenvalue weighted by Crippen LogP contribution is -2.28. The van der Waals surface area contributed by atoms with Crippen molar-refractivity contribution < 1.29 is 22.7 Å². The molecule has 41 heavy (non-hydrogen) atoms. The van der Waals surface area contributed by atoms with Crippen molar-refractivity contribution in [1.82, 2.24) is 10.2 Å². The number of ether oxygens (including phenoxy) is 1. The molecule has 0 radical (unpaired) electrons. The Bertz CT molecular complexity index is 1660. The fourth-order valence-electron chi connectivity index (χ4n) is 4.07. The second-order valence-corrected chi connectivity index (χ2v) is 12.1. The van der Waals surface area contributed by atoms with E-state index in [2.05, 4.69) is 15.4 Å². The molecule has 0 saturated carbocycles. The largest absolute Gasteiger partial charge is 0.495 e. The van der Waals surface area contributed by atoms with Crippen LogP contribution in [0.1, 0.15) is 26.3 Å². The third kappa shape index (κ3) is 7.44. The number of rotatable bonds is 11. The maximum Gasteiger partial charge on any atom is 0.265 e. The summed E-state index contributed by atoms with van der Waals surface area (Å²) in [5.41, 5.74) is 3.84. The molecule has 9 nitrogen and oxygen atoms in total. The summed E-state index contributed by atoms with van der Waals surface area (Å²) < 4.78 is 34.9. The van der Waals surface area contributed by atoms with Gasteiger partial charge in [0.2, 0.25) is 0 Å². The summed E-state index contributed by atoms with van der Waals surface area (Å²) in [5, 5.41) is 7.82. The predicted molar refractivity (Wildman–Crippen MR) is 164 cm³/mol. The van der Waals surface area contributed by atoms with Crippen molar-refractivity contribution in [3.63, 3.8) is 0 Å². The Morgan fingerprint density at radius 3 is 2.39 bits per heavy atom. The zero-order valence-electron chi connectivity index (χ0n) is 23.2. The van der Waals surface area contributed by atoms with Crippen molar-refractivity contribution in [2.24, 2.45) is 0 Å². The lowest BCUT2D eigenvalue weighted by molar-refractivity contribution is 0.0827. The summed E-state index contributed by atoms with van der Waals surface area (Å²) in [6, 6.07) is 20.9. The second kappa shape index (κ2) is 12.9. The molecule has 0 aliphatic carbocycles. The highest BCUT2D eigenvalue weighted by Crippen LogP contribution is 2.34. The minimum absolute atomic E-state index is 0.0244. The minimum atomic E-state index is -4.03. The SMILES string of the molecule is COc1ccc(-c2cc(C(=O)N(C)C)cs2)cc1S(=O)(=O)Nc1cccc(NCCNC(=O)c2cccc(C)c2)c1. The van der Waals surface area contributed by atoms with Crippen molar-refractivity contribution >= 4 is 44.5 Å². The highest BCUT2D eigenvalue weighted by atomic mass is 32.2. The second-order valence-electron chi connectivity index (χ2n) is 9.50. The van der Waals surface area contributed by atoms with Crippen LogP contribution in [-0.4, -0.2) is 59.4 Å². The number of benzene rings is 3. The number of nitrogens with one attached hydrogen (secondary N) is 3. The fourth-order valence-corrected chi connectivity index (χ4v) is 6.20. The van der Waals surface area contributed by atoms with Crippen molar-refractivity contribution in [1.29, 1.82) is 0 Å². The number of thiophene rings is 1. The highest BCUT2D eigenvalue weighted by Gasteiger charge is 2.22. The summed E-state index contributed by atoms with van der Waals surface area (Å²) in [7, 11) is 0.743. The van der Waals surface area contributed by atoms with Crippen molar-refractivity contribution in [2.75, 3.05) is 44.3 Å². The topological polar surface area (TPSA) is 117 Å². The van der Waals surface area contributed by atoms with E-state index in [1.807, 2.05) is 31.2 Å². The smallest absolute Gasteiger partial charge is 0.265 e. The molecule has 0 aliphatic heterocycles. The van der Waals surface area contributed by atoms with Crippen LogP contribution in [-0.2, 0) is 10.0 Å². The van der Waals surface area contributed by atoms with Crippen LogP contribution >= 0.6 is 11.3 Å². The van der Waals surface area contributed by atoms with E-state index in [4.69, 9.17) is 4.74 Å². The van der Waals surface area contributed by atoms with Gasteiger partial charge in [0.05, 0.1) is 18.4 Å². The highest BCUT2D eigenvalue weighted by molar-refractivity contribution is 7.92. The van der Waals surface area contributed by atoms with E-state index >= 15 is 0 Å². The van der Waals surface area contributed by atoms with Gasteiger partial charge in [-0.15, -0.1) is 11.3 Å². The Balaban J connectivity index is 1.44. The van der Waals surface area contributed by atoms with Gasteiger partial charge in [-0.2, -0.15) is 0 Å². The molecular formula is C30H32N4O5S2. The Morgan fingerprint density at radius 2 is 1.66 bits per heavy atom. The lowest BCUT2D eigenvalue weighted by Gasteiger charge is -2.14. The molecule has 3 aromatic carbocycles. The zero-order valence-corrected chi connectivity index (χ0v) is 24.9. The van der Waals surface area contributed by atoms with Crippen LogP contribution in [0, 0.1) is 6.92 Å². The van der Waals surface area contributed by atoms with Gasteiger partial charge in [0.25, 0.3) is 21.8 Å². The Kier molecular flexibility index (Phi) is 9.31. The first-order chi connectivity index (χ1) is 19.6. The average molecular weight is 593 g/mol. The van der Waals surface area contributed by atoms with Gasteiger partial charge in [-0.1, -0.05) is 23.8 Å². The molecule has 0 spiro atoms. The Hall–Kier alpha value is -4.35. The fraction of sp³-hybridized carbons (Fsp3) is 0.200. The Morgan fingerprint density at radius 1 is 0.902 bits per heavy atom. The molecule has 1 heterocycles. The first-order valence-corrected chi connectivity index (χ1v) is 15.1. The molecule has 0 unspecified atom stereocenters. The van der Waals surface area contributed by atoms with Crippen LogP contribution in [0.25, 0.3) is 10.4 Å². The quantitative estimate of drug-likeness (QED) is 0.209. The number of carbonyl (C=O) groups excluding carboxylic acids is 2. The third-order valence-electron chi connectivity index (χ3n) is 6.12. The van der Waals surface area contributed by atoms with E-state index in [-0.39, 0.29) is 22.5 Å². The standard InChI is InChI=1S/C30H32N4O5S2/c1-20-7-5-8-22(15-20)29(35)32-14-13-31-24-9-6-10-25(18-24)33-41(37,38)28-17-21(11-12-26(28)39-4)27-16-23(19-40-27)30(36)34(2)3/h5-12,15-19,31,33H,13-14H2,1-4H3,(H,32,35).